The van der Waals surface area contributed by atoms with Crippen LogP contribution in [-0.2, 0) is 45.3 Å². The second-order valence-corrected chi connectivity index (χ2v) is 15.5. The lowest BCUT2D eigenvalue weighted by molar-refractivity contribution is 0.00499. The summed E-state index contributed by atoms with van der Waals surface area (Å²) >= 11 is 0. The topological polar surface area (TPSA) is 192 Å². The zero-order valence-electron chi connectivity index (χ0n) is 34.3. The van der Waals surface area contributed by atoms with E-state index < -0.39 is 26.7 Å². The number of aromatic nitrogens is 1. The molecule has 5 heterocycles. The van der Waals surface area contributed by atoms with Gasteiger partial charge in [0.05, 0.1) is 39.6 Å². The lowest BCUT2D eigenvalue weighted by Gasteiger charge is -2.28. The number of rotatable bonds is 14. The number of ether oxygens (including phenoxy) is 7. The molecule has 0 saturated heterocycles. The third-order valence-electron chi connectivity index (χ3n) is 8.36. The number of carbonyl (C=O) groups is 3. The molecule has 0 radical (unpaired) electrons. The van der Waals surface area contributed by atoms with Gasteiger partial charge in [0.1, 0.15) is 55.1 Å². The molecule has 2 aromatic carbocycles. The second-order valence-electron chi connectivity index (χ2n) is 12.8. The fourth-order valence-corrected chi connectivity index (χ4v) is 8.21. The summed E-state index contributed by atoms with van der Waals surface area (Å²) < 4.78 is 56.9. The highest BCUT2D eigenvalue weighted by atomic mass is 28.4. The smallest absolute Gasteiger partial charge is 0.491 e. The van der Waals surface area contributed by atoms with E-state index in [0.29, 0.717) is 103 Å². The maximum Gasteiger partial charge on any atom is 0.500 e. The van der Waals surface area contributed by atoms with E-state index >= 15 is 0 Å². The van der Waals surface area contributed by atoms with Crippen molar-refractivity contribution in [2.45, 2.75) is 46.3 Å². The van der Waals surface area contributed by atoms with Crippen molar-refractivity contribution in [3.63, 3.8) is 0 Å². The third-order valence-corrected chi connectivity index (χ3v) is 11.5. The number of nitrogens with zero attached hydrogens (tertiary/aromatic N) is 1. The SMILES string of the molecule is CCO[Si](CCCNC(=O)OCCOc1cc2nc(c1)C(=O)NCc1ccc(cc1)OCCOCCOCCOCCOc1ccc(cc1)CNC2=O)(OCC)OCC. The molecule has 3 amide bonds. The van der Waals surface area contributed by atoms with E-state index in [2.05, 4.69) is 20.9 Å². The van der Waals surface area contributed by atoms with E-state index in [-0.39, 0.29) is 43.4 Å². The summed E-state index contributed by atoms with van der Waals surface area (Å²) in [5, 5.41) is 8.40. The Morgan fingerprint density at radius 1 is 0.678 bits per heavy atom. The Balaban J connectivity index is 1.36. The van der Waals surface area contributed by atoms with Crippen LogP contribution >= 0.6 is 0 Å². The number of hydrogen-bond donors (Lipinski definition) is 3. The first-order chi connectivity index (χ1) is 28.8. The van der Waals surface area contributed by atoms with Crippen molar-refractivity contribution in [3.8, 4) is 17.2 Å². The summed E-state index contributed by atoms with van der Waals surface area (Å²) in [6.45, 7) is 10.9. The van der Waals surface area contributed by atoms with Crippen LogP contribution < -0.4 is 30.2 Å². The maximum atomic E-state index is 13.4. The van der Waals surface area contributed by atoms with Gasteiger partial charge in [0.2, 0.25) is 0 Å². The van der Waals surface area contributed by atoms with Crippen molar-refractivity contribution in [2.24, 2.45) is 0 Å². The molecule has 0 fully saturated rings. The fraction of sp³-hybridized carbons (Fsp3) is 0.512. The highest BCUT2D eigenvalue weighted by Crippen LogP contribution is 2.19. The molecule has 0 saturated carbocycles. The molecule has 4 aliphatic rings. The van der Waals surface area contributed by atoms with E-state index in [1.807, 2.05) is 45.0 Å². The van der Waals surface area contributed by atoms with Gasteiger partial charge in [0.25, 0.3) is 11.8 Å². The Bertz CT molecular complexity index is 1580. The number of hydrogen-bond acceptors (Lipinski definition) is 14. The number of alkyl carbamates (subject to hydrolysis) is 1. The summed E-state index contributed by atoms with van der Waals surface area (Å²) in [7, 11) is -2.82. The van der Waals surface area contributed by atoms with Crippen LogP contribution in [0.4, 0.5) is 4.79 Å². The van der Waals surface area contributed by atoms with Crippen LogP contribution in [0.25, 0.3) is 0 Å². The average Bonchev–Trinajstić information content (AvgIpc) is 3.24. The van der Waals surface area contributed by atoms with Gasteiger partial charge in [-0.05, 0) is 62.6 Å². The maximum absolute atomic E-state index is 13.4. The van der Waals surface area contributed by atoms with Crippen molar-refractivity contribution in [1.82, 2.24) is 20.9 Å². The van der Waals surface area contributed by atoms with Gasteiger partial charge in [0.15, 0.2) is 0 Å². The number of amides is 3. The zero-order valence-corrected chi connectivity index (χ0v) is 35.3. The number of nitrogens with one attached hydrogen (secondary N) is 3. The third kappa shape index (κ3) is 17.9. The summed E-state index contributed by atoms with van der Waals surface area (Å²) in [6, 6.07) is 18.0. The summed E-state index contributed by atoms with van der Waals surface area (Å²) in [4.78, 5) is 43.5. The molecule has 59 heavy (non-hydrogen) atoms. The molecule has 7 rings (SSSR count). The van der Waals surface area contributed by atoms with Gasteiger partial charge in [-0.15, -0.1) is 0 Å². The van der Waals surface area contributed by atoms with E-state index in [4.69, 9.17) is 46.4 Å². The van der Waals surface area contributed by atoms with Crippen LogP contribution in [0.15, 0.2) is 60.7 Å². The van der Waals surface area contributed by atoms with Crippen LogP contribution in [-0.4, -0.2) is 124 Å². The normalized spacial score (nSPS) is 15.2. The van der Waals surface area contributed by atoms with E-state index in [0.717, 1.165) is 11.1 Å². The van der Waals surface area contributed by atoms with Crippen LogP contribution in [0, 0.1) is 0 Å². The zero-order chi connectivity index (χ0) is 42.0. The van der Waals surface area contributed by atoms with Gasteiger partial charge in [0, 0.05) is 57.6 Å². The van der Waals surface area contributed by atoms with Gasteiger partial charge < -0.3 is 62.4 Å². The standard InChI is InChI=1S/C41H58N4O13Si/c1-4-56-59(57-5-2,58-6-3)27-7-16-42-41(48)55-26-25-54-36-28-37-39(46)43-30-32-8-12-34(13-9-32)52-23-21-50-19-17-49-18-20-51-22-24-53-35-14-10-33(11-15-35)31-44-40(47)38(29-36)45-37/h8-15,28-29H,4-7,16-27,30-31H2,1-3H3,(H,42,48)(H,43,46)(H,44,47). The molecule has 6 bridgehead atoms. The van der Waals surface area contributed by atoms with Gasteiger partial charge in [-0.25, -0.2) is 9.78 Å². The molecular formula is C41H58N4O13Si. The first-order valence-electron chi connectivity index (χ1n) is 20.0. The largest absolute Gasteiger partial charge is 0.500 e. The van der Waals surface area contributed by atoms with Crippen molar-refractivity contribution >= 4 is 26.7 Å². The van der Waals surface area contributed by atoms with Crippen molar-refractivity contribution in [2.75, 3.05) is 92.4 Å². The molecule has 3 N–H and O–H groups in total. The first kappa shape index (κ1) is 46.9. The molecule has 17 nitrogen and oxygen atoms in total. The highest BCUT2D eigenvalue weighted by Gasteiger charge is 2.39. The molecular weight excluding hydrogens is 785 g/mol. The van der Waals surface area contributed by atoms with Crippen molar-refractivity contribution in [1.29, 1.82) is 0 Å². The minimum absolute atomic E-state index is 0.0346. The van der Waals surface area contributed by atoms with Gasteiger partial charge in [-0.2, -0.15) is 0 Å². The lowest BCUT2D eigenvalue weighted by atomic mass is 10.2. The molecule has 3 aromatic rings. The van der Waals surface area contributed by atoms with Gasteiger partial charge in [-0.1, -0.05) is 24.3 Å². The quantitative estimate of drug-likeness (QED) is 0.154. The Morgan fingerprint density at radius 2 is 1.14 bits per heavy atom. The number of carbonyl (C=O) groups excluding carboxylic acids is 3. The number of benzene rings is 2. The molecule has 0 aliphatic carbocycles. The van der Waals surface area contributed by atoms with Gasteiger partial charge >= 0.3 is 14.9 Å². The minimum atomic E-state index is -2.82. The van der Waals surface area contributed by atoms with Crippen molar-refractivity contribution < 1.29 is 60.8 Å². The monoisotopic (exact) mass is 842 g/mol. The summed E-state index contributed by atoms with van der Waals surface area (Å²) in [5.41, 5.74) is 1.57. The molecule has 1 aromatic heterocycles. The Morgan fingerprint density at radius 3 is 1.59 bits per heavy atom. The predicted molar refractivity (Wildman–Crippen MR) is 218 cm³/mol. The average molecular weight is 843 g/mol. The molecule has 0 atom stereocenters. The summed E-state index contributed by atoms with van der Waals surface area (Å²) in [6.07, 6.45) is -0.0459. The van der Waals surface area contributed by atoms with Crippen LogP contribution in [0.3, 0.4) is 0 Å². The fourth-order valence-electron chi connectivity index (χ4n) is 5.59. The number of pyridine rings is 1. The Kier molecular flexibility index (Phi) is 21.5. The van der Waals surface area contributed by atoms with Crippen molar-refractivity contribution in [3.05, 3.63) is 83.2 Å². The lowest BCUT2D eigenvalue weighted by Crippen LogP contribution is -2.46. The highest BCUT2D eigenvalue weighted by molar-refractivity contribution is 6.60. The molecule has 4 aliphatic heterocycles. The van der Waals surface area contributed by atoms with Crippen LogP contribution in [0.5, 0.6) is 17.2 Å². The van der Waals surface area contributed by atoms with E-state index in [1.165, 1.54) is 12.1 Å². The predicted octanol–water partition coefficient (Wildman–Crippen LogP) is 4.31. The molecule has 18 heteroatoms. The van der Waals surface area contributed by atoms with Crippen LogP contribution in [0.2, 0.25) is 6.04 Å². The van der Waals surface area contributed by atoms with Gasteiger partial charge in [-0.3, -0.25) is 9.59 Å². The molecule has 0 spiro atoms. The first-order valence-corrected chi connectivity index (χ1v) is 22.0. The Hall–Kier alpha value is -4.82. The molecule has 324 valence electrons. The van der Waals surface area contributed by atoms with Crippen LogP contribution in [0.1, 0.15) is 59.3 Å². The van der Waals surface area contributed by atoms with E-state index in [9.17, 15) is 14.4 Å². The summed E-state index contributed by atoms with van der Waals surface area (Å²) in [5.74, 6) is 0.466. The van der Waals surface area contributed by atoms with E-state index in [1.54, 1.807) is 24.3 Å². The minimum Gasteiger partial charge on any atom is -0.491 e. The Labute approximate surface area is 347 Å². The second kappa shape index (κ2) is 27.0. The molecule has 0 unspecified atom stereocenters.